The van der Waals surface area contributed by atoms with Gasteiger partial charge in [-0.2, -0.15) is 0 Å². The Kier molecular flexibility index (Phi) is 5.39. The standard InChI is InChI=1S/C20H19FN4O3S/c21-15-7-12(9-22-11-15)10-23-18(26)13-3-5-25(6-4-13)20-24-16-2-1-14(19(27)28)8-17(16)29-20/h1-2,7-9,11,13H,3-6,10H2,(H,23,26)(H,27,28). The monoisotopic (exact) mass is 414 g/mol. The van der Waals surface area contributed by atoms with Crippen molar-refractivity contribution < 1.29 is 19.1 Å². The molecule has 1 aliphatic heterocycles. The zero-order valence-electron chi connectivity index (χ0n) is 15.5. The van der Waals surface area contributed by atoms with Gasteiger partial charge in [0.25, 0.3) is 0 Å². The number of nitrogens with zero attached hydrogens (tertiary/aromatic N) is 3. The fourth-order valence-corrected chi connectivity index (χ4v) is 4.46. The number of carboxylic acids is 1. The Hall–Kier alpha value is -3.07. The molecule has 2 N–H and O–H groups in total. The minimum atomic E-state index is -0.956. The number of fused-ring (bicyclic) bond motifs is 1. The number of carbonyl (C=O) groups excluding carboxylic acids is 1. The molecule has 0 atom stereocenters. The first-order valence-electron chi connectivity index (χ1n) is 9.25. The van der Waals surface area contributed by atoms with Crippen molar-refractivity contribution >= 4 is 38.6 Å². The summed E-state index contributed by atoms with van der Waals surface area (Å²) in [5, 5.41) is 12.8. The van der Waals surface area contributed by atoms with E-state index in [1.807, 2.05) is 0 Å². The number of benzene rings is 1. The Morgan fingerprint density at radius 3 is 2.76 bits per heavy atom. The van der Waals surface area contributed by atoms with Crippen molar-refractivity contribution in [2.45, 2.75) is 19.4 Å². The largest absolute Gasteiger partial charge is 0.478 e. The van der Waals surface area contributed by atoms with Crippen LogP contribution in [0.1, 0.15) is 28.8 Å². The predicted octanol–water partition coefficient (Wildman–Crippen LogP) is 3.06. The van der Waals surface area contributed by atoms with Crippen molar-refractivity contribution in [2.75, 3.05) is 18.0 Å². The highest BCUT2D eigenvalue weighted by atomic mass is 32.1. The maximum Gasteiger partial charge on any atom is 0.335 e. The number of nitrogens with one attached hydrogen (secondary N) is 1. The van der Waals surface area contributed by atoms with E-state index in [-0.39, 0.29) is 23.9 Å². The van der Waals surface area contributed by atoms with Crippen molar-refractivity contribution in [1.29, 1.82) is 0 Å². The molecule has 2 aromatic heterocycles. The third-order valence-electron chi connectivity index (χ3n) is 4.99. The second-order valence-electron chi connectivity index (χ2n) is 6.97. The summed E-state index contributed by atoms with van der Waals surface area (Å²) in [7, 11) is 0. The maximum atomic E-state index is 13.2. The minimum absolute atomic E-state index is 0.0377. The molecule has 9 heteroatoms. The number of aromatic nitrogens is 2. The molecule has 0 bridgehead atoms. The average molecular weight is 414 g/mol. The van der Waals surface area contributed by atoms with Gasteiger partial charge in [-0.15, -0.1) is 0 Å². The molecule has 0 aliphatic carbocycles. The van der Waals surface area contributed by atoms with Gasteiger partial charge in [-0.05, 0) is 42.7 Å². The van der Waals surface area contributed by atoms with Crippen molar-refractivity contribution in [1.82, 2.24) is 15.3 Å². The van der Waals surface area contributed by atoms with E-state index in [0.717, 1.165) is 21.5 Å². The Labute approximate surface area is 170 Å². The van der Waals surface area contributed by atoms with Crippen LogP contribution in [0.4, 0.5) is 9.52 Å². The summed E-state index contributed by atoms with van der Waals surface area (Å²) in [6.45, 7) is 1.66. The predicted molar refractivity (Wildman–Crippen MR) is 108 cm³/mol. The van der Waals surface area contributed by atoms with Crippen LogP contribution < -0.4 is 10.2 Å². The number of anilines is 1. The maximum absolute atomic E-state index is 13.2. The molecule has 7 nitrogen and oxygen atoms in total. The number of rotatable bonds is 5. The summed E-state index contributed by atoms with van der Waals surface area (Å²) in [5.41, 5.74) is 1.65. The molecule has 0 spiro atoms. The Morgan fingerprint density at radius 1 is 1.24 bits per heavy atom. The van der Waals surface area contributed by atoms with Crippen LogP contribution in [0.5, 0.6) is 0 Å². The zero-order chi connectivity index (χ0) is 20.4. The van der Waals surface area contributed by atoms with Gasteiger partial charge >= 0.3 is 5.97 Å². The van der Waals surface area contributed by atoms with Crippen molar-refractivity contribution in [3.63, 3.8) is 0 Å². The van der Waals surface area contributed by atoms with E-state index >= 15 is 0 Å². The molecule has 150 valence electrons. The van der Waals surface area contributed by atoms with Crippen LogP contribution in [0.3, 0.4) is 0 Å². The SMILES string of the molecule is O=C(O)c1ccc2nc(N3CCC(C(=O)NCc4cncc(F)c4)CC3)sc2c1. The van der Waals surface area contributed by atoms with E-state index in [2.05, 4.69) is 20.2 Å². The van der Waals surface area contributed by atoms with Crippen LogP contribution in [-0.2, 0) is 11.3 Å². The Balaban J connectivity index is 1.34. The summed E-state index contributed by atoms with van der Waals surface area (Å²) >= 11 is 1.46. The van der Waals surface area contributed by atoms with Gasteiger partial charge in [0.15, 0.2) is 5.13 Å². The van der Waals surface area contributed by atoms with E-state index < -0.39 is 11.8 Å². The topological polar surface area (TPSA) is 95.4 Å². The average Bonchev–Trinajstić information content (AvgIpc) is 3.15. The van der Waals surface area contributed by atoms with Gasteiger partial charge < -0.3 is 15.3 Å². The van der Waals surface area contributed by atoms with Gasteiger partial charge in [0.05, 0.1) is 22.0 Å². The second-order valence-corrected chi connectivity index (χ2v) is 7.98. The highest BCUT2D eigenvalue weighted by Crippen LogP contribution is 2.32. The number of piperidine rings is 1. The first-order valence-corrected chi connectivity index (χ1v) is 10.1. The van der Waals surface area contributed by atoms with E-state index in [9.17, 15) is 14.0 Å². The van der Waals surface area contributed by atoms with Gasteiger partial charge in [0.2, 0.25) is 5.91 Å². The van der Waals surface area contributed by atoms with Crippen LogP contribution in [0, 0.1) is 11.7 Å². The molecule has 1 amide bonds. The molecule has 3 aromatic rings. The van der Waals surface area contributed by atoms with Crippen LogP contribution in [0.25, 0.3) is 10.2 Å². The quantitative estimate of drug-likeness (QED) is 0.666. The zero-order valence-corrected chi connectivity index (χ0v) is 16.3. The molecular weight excluding hydrogens is 395 g/mol. The molecule has 29 heavy (non-hydrogen) atoms. The number of amides is 1. The van der Waals surface area contributed by atoms with Gasteiger partial charge in [0, 0.05) is 31.7 Å². The highest BCUT2D eigenvalue weighted by molar-refractivity contribution is 7.22. The van der Waals surface area contributed by atoms with Crippen LogP contribution in [-0.4, -0.2) is 40.0 Å². The molecule has 4 rings (SSSR count). The number of halogens is 1. The molecule has 0 saturated carbocycles. The first kappa shape index (κ1) is 19.3. The minimum Gasteiger partial charge on any atom is -0.478 e. The number of hydrogen-bond acceptors (Lipinski definition) is 6. The summed E-state index contributed by atoms with van der Waals surface area (Å²) < 4.78 is 14.0. The fourth-order valence-electron chi connectivity index (χ4n) is 3.40. The number of pyridine rings is 1. The number of carbonyl (C=O) groups is 2. The lowest BCUT2D eigenvalue weighted by Crippen LogP contribution is -2.40. The Morgan fingerprint density at radius 2 is 2.03 bits per heavy atom. The molecule has 1 aliphatic rings. The third-order valence-corrected chi connectivity index (χ3v) is 6.07. The lowest BCUT2D eigenvalue weighted by atomic mass is 9.96. The normalized spacial score (nSPS) is 14.9. The molecule has 3 heterocycles. The summed E-state index contributed by atoms with van der Waals surface area (Å²) in [6.07, 6.45) is 4.06. The summed E-state index contributed by atoms with van der Waals surface area (Å²) in [4.78, 5) is 34.1. The number of carboxylic acid groups (broad SMARTS) is 1. The number of thiazole rings is 1. The third kappa shape index (κ3) is 4.34. The van der Waals surface area contributed by atoms with Crippen LogP contribution in [0.15, 0.2) is 36.7 Å². The van der Waals surface area contributed by atoms with Gasteiger partial charge in [-0.25, -0.2) is 14.2 Å². The van der Waals surface area contributed by atoms with Gasteiger partial charge in [-0.1, -0.05) is 11.3 Å². The van der Waals surface area contributed by atoms with Gasteiger partial charge in [-0.3, -0.25) is 9.78 Å². The van der Waals surface area contributed by atoms with E-state index in [4.69, 9.17) is 5.11 Å². The smallest absolute Gasteiger partial charge is 0.335 e. The van der Waals surface area contributed by atoms with E-state index in [1.165, 1.54) is 23.6 Å². The molecule has 1 fully saturated rings. The number of hydrogen-bond donors (Lipinski definition) is 2. The van der Waals surface area contributed by atoms with E-state index in [0.29, 0.717) is 31.5 Å². The molecule has 1 aromatic carbocycles. The van der Waals surface area contributed by atoms with Crippen molar-refractivity contribution in [3.8, 4) is 0 Å². The Bertz CT molecular complexity index is 1060. The molecule has 1 saturated heterocycles. The van der Waals surface area contributed by atoms with Crippen LogP contribution >= 0.6 is 11.3 Å². The van der Waals surface area contributed by atoms with Gasteiger partial charge in [0.1, 0.15) is 5.82 Å². The lowest BCUT2D eigenvalue weighted by Gasteiger charge is -2.31. The second kappa shape index (κ2) is 8.12. The van der Waals surface area contributed by atoms with Crippen molar-refractivity contribution in [3.05, 3.63) is 53.6 Å². The summed E-state index contributed by atoms with van der Waals surface area (Å²) in [6, 6.07) is 6.28. The van der Waals surface area contributed by atoms with Crippen molar-refractivity contribution in [2.24, 2.45) is 5.92 Å². The molecule has 0 unspecified atom stereocenters. The molecule has 0 radical (unpaired) electrons. The number of aromatic carboxylic acids is 1. The summed E-state index contributed by atoms with van der Waals surface area (Å²) in [5.74, 6) is -1.51. The lowest BCUT2D eigenvalue weighted by molar-refractivity contribution is -0.125. The first-order chi connectivity index (χ1) is 14.0. The van der Waals surface area contributed by atoms with Crippen LogP contribution in [0.2, 0.25) is 0 Å². The van der Waals surface area contributed by atoms with E-state index in [1.54, 1.807) is 18.2 Å². The highest BCUT2D eigenvalue weighted by Gasteiger charge is 2.26. The fraction of sp³-hybridized carbons (Fsp3) is 0.300. The molecular formula is C20H19FN4O3S.